The zero-order valence-corrected chi connectivity index (χ0v) is 16.0. The van der Waals surface area contributed by atoms with E-state index in [2.05, 4.69) is 9.97 Å². The monoisotopic (exact) mass is 436 g/mol. The average Bonchev–Trinajstić information content (AvgIpc) is 3.00. The van der Waals surface area contributed by atoms with Crippen molar-refractivity contribution in [3.05, 3.63) is 52.0 Å². The number of hydrogen-bond donors (Lipinski definition) is 1. The smallest absolute Gasteiger partial charge is 0.416 e. The molecular weight excluding hydrogens is 424 g/mol. The maximum absolute atomic E-state index is 12.8. The second-order valence-corrected chi connectivity index (χ2v) is 7.12. The molecule has 144 valence electrons. The molecule has 3 aromatic rings. The van der Waals surface area contributed by atoms with Crippen LogP contribution in [0.25, 0.3) is 11.0 Å². The number of aromatic nitrogens is 2. The van der Waals surface area contributed by atoms with Gasteiger partial charge in [-0.25, -0.2) is 4.98 Å². The van der Waals surface area contributed by atoms with Gasteiger partial charge in [0.15, 0.2) is 11.9 Å². The molecule has 0 spiro atoms. The Morgan fingerprint density at radius 3 is 2.81 bits per heavy atom. The van der Waals surface area contributed by atoms with Crippen molar-refractivity contribution < 1.29 is 22.6 Å². The molecular formula is C17H13Cl2F3N2O2S. The molecule has 2 aromatic carbocycles. The van der Waals surface area contributed by atoms with Crippen LogP contribution < -0.4 is 4.74 Å². The summed E-state index contributed by atoms with van der Waals surface area (Å²) >= 11 is 7.50. The Labute approximate surface area is 167 Å². The number of rotatable bonds is 3. The topological polar surface area (TPSA) is 47.1 Å². The number of H-pyrrole nitrogens is 1. The summed E-state index contributed by atoms with van der Waals surface area (Å²) < 4.78 is 49.3. The van der Waals surface area contributed by atoms with Crippen molar-refractivity contribution >= 4 is 46.8 Å². The van der Waals surface area contributed by atoms with Gasteiger partial charge in [0.1, 0.15) is 5.75 Å². The third-order valence-electron chi connectivity index (χ3n) is 3.90. The summed E-state index contributed by atoms with van der Waals surface area (Å²) in [6.45, 7) is 0.607. The number of benzene rings is 2. The molecule has 1 aliphatic heterocycles. The Kier molecular flexibility index (Phi) is 5.81. The molecule has 27 heavy (non-hydrogen) atoms. The van der Waals surface area contributed by atoms with Crippen molar-refractivity contribution in [2.24, 2.45) is 0 Å². The van der Waals surface area contributed by atoms with Crippen molar-refractivity contribution in [1.29, 1.82) is 0 Å². The zero-order chi connectivity index (χ0) is 18.3. The summed E-state index contributed by atoms with van der Waals surface area (Å²) in [5.41, 5.74) is 1.89. The van der Waals surface area contributed by atoms with Crippen molar-refractivity contribution in [3.63, 3.8) is 0 Å². The lowest BCUT2D eigenvalue weighted by Gasteiger charge is -2.20. The molecule has 0 aliphatic carbocycles. The molecule has 1 aromatic heterocycles. The molecule has 0 amide bonds. The normalized spacial score (nSPS) is 13.8. The summed E-state index contributed by atoms with van der Waals surface area (Å²) in [7, 11) is 0. The van der Waals surface area contributed by atoms with Crippen LogP contribution in [0.15, 0.2) is 35.5 Å². The van der Waals surface area contributed by atoms with E-state index in [1.54, 1.807) is 6.07 Å². The Hall–Kier alpha value is -1.61. The predicted molar refractivity (Wildman–Crippen MR) is 99.6 cm³/mol. The van der Waals surface area contributed by atoms with E-state index in [1.165, 1.54) is 17.8 Å². The van der Waals surface area contributed by atoms with Crippen LogP contribution in [0, 0.1) is 0 Å². The predicted octanol–water partition coefficient (Wildman–Crippen LogP) is 5.82. The van der Waals surface area contributed by atoms with Gasteiger partial charge in [-0.2, -0.15) is 13.2 Å². The minimum Gasteiger partial charge on any atom is -0.467 e. The zero-order valence-electron chi connectivity index (χ0n) is 13.6. The van der Waals surface area contributed by atoms with E-state index in [-0.39, 0.29) is 19.2 Å². The third kappa shape index (κ3) is 4.29. The number of nitrogens with zero attached hydrogens (tertiary/aromatic N) is 1. The van der Waals surface area contributed by atoms with Crippen LogP contribution in [0.2, 0.25) is 5.02 Å². The molecule has 0 fully saturated rings. The highest BCUT2D eigenvalue weighted by molar-refractivity contribution is 7.98. The largest absolute Gasteiger partial charge is 0.467 e. The van der Waals surface area contributed by atoms with Crippen LogP contribution in [0.3, 0.4) is 0 Å². The summed E-state index contributed by atoms with van der Waals surface area (Å²) in [5.74, 6) is 1.25. The Morgan fingerprint density at radius 2 is 2.04 bits per heavy atom. The van der Waals surface area contributed by atoms with Crippen LogP contribution in [-0.2, 0) is 23.3 Å². The van der Waals surface area contributed by atoms with Gasteiger partial charge in [0.05, 0.1) is 23.2 Å². The van der Waals surface area contributed by atoms with Gasteiger partial charge in [-0.3, -0.25) is 0 Å². The molecule has 1 N–H and O–H groups in total. The lowest BCUT2D eigenvalue weighted by atomic mass is 10.1. The third-order valence-corrected chi connectivity index (χ3v) is 5.04. The summed E-state index contributed by atoms with van der Waals surface area (Å²) in [6, 6.07) is 7.06. The maximum Gasteiger partial charge on any atom is 0.416 e. The minimum atomic E-state index is -4.38. The first-order valence-electron chi connectivity index (χ1n) is 7.62. The number of nitrogens with one attached hydrogen (secondary N) is 1. The molecule has 4 rings (SSSR count). The van der Waals surface area contributed by atoms with E-state index in [4.69, 9.17) is 21.1 Å². The van der Waals surface area contributed by atoms with Gasteiger partial charge in [-0.1, -0.05) is 23.4 Å². The molecule has 4 nitrogen and oxygen atoms in total. The highest BCUT2D eigenvalue weighted by Gasteiger charge is 2.30. The first-order chi connectivity index (χ1) is 12.4. The standard InChI is InChI=1S/C17H12ClF3N2O2S.ClH/c18-12-3-9-6-24-8-25-15(9)10(4-12)7-26-16-22-13-2-1-11(17(19,20)21)5-14(13)23-16;/h1-5H,6-8H2,(H,22,23);1H. The Morgan fingerprint density at radius 1 is 1.22 bits per heavy atom. The molecule has 0 bridgehead atoms. The fraction of sp³-hybridized carbons (Fsp3) is 0.235. The summed E-state index contributed by atoms with van der Waals surface area (Å²) in [6.07, 6.45) is -4.38. The van der Waals surface area contributed by atoms with Gasteiger partial charge in [-0.15, -0.1) is 12.4 Å². The number of thioether (sulfide) groups is 1. The molecule has 0 radical (unpaired) electrons. The van der Waals surface area contributed by atoms with Crippen LogP contribution >= 0.6 is 35.8 Å². The molecule has 0 atom stereocenters. The quantitative estimate of drug-likeness (QED) is 0.525. The average molecular weight is 437 g/mol. The number of hydrogen-bond acceptors (Lipinski definition) is 4. The second kappa shape index (κ2) is 7.79. The van der Waals surface area contributed by atoms with E-state index < -0.39 is 11.7 Å². The fourth-order valence-electron chi connectivity index (χ4n) is 2.74. The van der Waals surface area contributed by atoms with Crippen LogP contribution in [0.5, 0.6) is 5.75 Å². The first kappa shape index (κ1) is 20.1. The Bertz CT molecular complexity index is 979. The van der Waals surface area contributed by atoms with Gasteiger partial charge in [0.2, 0.25) is 0 Å². The van der Waals surface area contributed by atoms with Gasteiger partial charge < -0.3 is 14.5 Å². The number of alkyl halides is 3. The van der Waals surface area contributed by atoms with E-state index in [0.717, 1.165) is 29.0 Å². The number of fused-ring (bicyclic) bond motifs is 2. The lowest BCUT2D eigenvalue weighted by molar-refractivity contribution is -0.137. The molecule has 2 heterocycles. The number of aromatic amines is 1. The summed E-state index contributed by atoms with van der Waals surface area (Å²) in [5, 5.41) is 1.10. The van der Waals surface area contributed by atoms with Crippen LogP contribution in [0.1, 0.15) is 16.7 Å². The SMILES string of the molecule is Cl.FC(F)(F)c1ccc2nc(SCc3cc(Cl)cc4c3OCOC4)[nH]c2c1. The summed E-state index contributed by atoms with van der Waals surface area (Å²) in [4.78, 5) is 7.25. The van der Waals surface area contributed by atoms with E-state index in [1.807, 2.05) is 6.07 Å². The highest BCUT2D eigenvalue weighted by Crippen LogP contribution is 2.36. The molecule has 0 saturated carbocycles. The van der Waals surface area contributed by atoms with Gasteiger partial charge in [0.25, 0.3) is 0 Å². The molecule has 0 unspecified atom stereocenters. The lowest BCUT2D eigenvalue weighted by Crippen LogP contribution is -2.12. The fourth-order valence-corrected chi connectivity index (χ4v) is 3.86. The van der Waals surface area contributed by atoms with E-state index >= 15 is 0 Å². The van der Waals surface area contributed by atoms with Gasteiger partial charge >= 0.3 is 6.18 Å². The van der Waals surface area contributed by atoms with E-state index in [9.17, 15) is 13.2 Å². The van der Waals surface area contributed by atoms with Gasteiger partial charge in [-0.05, 0) is 30.3 Å². The number of ether oxygens (including phenoxy) is 2. The maximum atomic E-state index is 12.8. The van der Waals surface area contributed by atoms with Crippen molar-refractivity contribution in [1.82, 2.24) is 9.97 Å². The van der Waals surface area contributed by atoms with Crippen molar-refractivity contribution in [2.75, 3.05) is 6.79 Å². The second-order valence-electron chi connectivity index (χ2n) is 5.72. The van der Waals surface area contributed by atoms with Crippen molar-refractivity contribution in [3.8, 4) is 5.75 Å². The minimum absolute atomic E-state index is 0. The van der Waals surface area contributed by atoms with Crippen LogP contribution in [0.4, 0.5) is 13.2 Å². The molecule has 10 heteroatoms. The van der Waals surface area contributed by atoms with Crippen molar-refractivity contribution in [2.45, 2.75) is 23.7 Å². The highest BCUT2D eigenvalue weighted by atomic mass is 35.5. The number of halogens is 5. The van der Waals surface area contributed by atoms with Crippen LogP contribution in [-0.4, -0.2) is 16.8 Å². The van der Waals surface area contributed by atoms with Gasteiger partial charge in [0, 0.05) is 21.9 Å². The van der Waals surface area contributed by atoms with E-state index in [0.29, 0.717) is 33.6 Å². The number of imidazole rings is 1. The molecule has 0 saturated heterocycles. The first-order valence-corrected chi connectivity index (χ1v) is 8.98. The molecule has 1 aliphatic rings. The Balaban J connectivity index is 0.00000210.